The van der Waals surface area contributed by atoms with Gasteiger partial charge in [0.25, 0.3) is 0 Å². The maximum atomic E-state index is 5.47. The number of aromatic nitrogens is 3. The van der Waals surface area contributed by atoms with Gasteiger partial charge in [0.1, 0.15) is 0 Å². The largest absolute Gasteiger partial charge is 0.364 e. The highest BCUT2D eigenvalue weighted by atomic mass is 15.3. The van der Waals surface area contributed by atoms with Gasteiger partial charge in [-0.05, 0) is 31.6 Å². The molecule has 0 aromatic carbocycles. The lowest BCUT2D eigenvalue weighted by Crippen LogP contribution is -2.27. The molecule has 20 heavy (non-hydrogen) atoms. The molecule has 0 unspecified atom stereocenters. The number of nitrogens with zero attached hydrogens (tertiary/aromatic N) is 3. The minimum absolute atomic E-state index is 0.485. The summed E-state index contributed by atoms with van der Waals surface area (Å²) in [6.07, 6.45) is 11.8. The molecule has 2 heterocycles. The van der Waals surface area contributed by atoms with Crippen LogP contribution in [0.2, 0.25) is 0 Å². The Morgan fingerprint density at radius 3 is 2.85 bits per heavy atom. The first-order valence-electron chi connectivity index (χ1n) is 7.37. The number of hydrogen-bond acceptors (Lipinski definition) is 5. The lowest BCUT2D eigenvalue weighted by molar-refractivity contribution is 0.330. The number of anilines is 2. The molecule has 1 aliphatic carbocycles. The van der Waals surface area contributed by atoms with E-state index in [-0.39, 0.29) is 0 Å². The first-order valence-corrected chi connectivity index (χ1v) is 7.37. The molecule has 1 aliphatic rings. The minimum Gasteiger partial charge on any atom is -0.364 e. The van der Waals surface area contributed by atoms with E-state index in [0.717, 1.165) is 17.4 Å². The predicted molar refractivity (Wildman–Crippen MR) is 80.5 cm³/mol. The molecule has 0 atom stereocenters. The van der Waals surface area contributed by atoms with Crippen molar-refractivity contribution in [3.05, 3.63) is 18.6 Å². The molecule has 1 fully saturated rings. The van der Waals surface area contributed by atoms with E-state index in [0.29, 0.717) is 11.9 Å². The van der Waals surface area contributed by atoms with Crippen molar-refractivity contribution in [3.8, 4) is 0 Å². The highest BCUT2D eigenvalue weighted by Crippen LogP contribution is 2.29. The summed E-state index contributed by atoms with van der Waals surface area (Å²) in [5, 5.41) is 3.54. The number of nitrogens with one attached hydrogen (secondary N) is 2. The molecule has 6 nitrogen and oxygen atoms in total. The summed E-state index contributed by atoms with van der Waals surface area (Å²) < 4.78 is 1.93. The zero-order chi connectivity index (χ0) is 13.9. The summed E-state index contributed by atoms with van der Waals surface area (Å²) in [6.45, 7) is 2.28. The van der Waals surface area contributed by atoms with Gasteiger partial charge >= 0.3 is 0 Å². The van der Waals surface area contributed by atoms with Gasteiger partial charge in [-0.2, -0.15) is 0 Å². The van der Waals surface area contributed by atoms with Gasteiger partial charge in [0.15, 0.2) is 17.3 Å². The van der Waals surface area contributed by atoms with Crippen molar-refractivity contribution in [3.63, 3.8) is 0 Å². The van der Waals surface area contributed by atoms with E-state index < -0.39 is 0 Å². The number of hydrogen-bond donors (Lipinski definition) is 3. The molecule has 0 aliphatic heterocycles. The van der Waals surface area contributed by atoms with Crippen LogP contribution >= 0.6 is 0 Å². The number of hydrazine groups is 1. The predicted octanol–water partition coefficient (Wildman–Crippen LogP) is 2.40. The Kier molecular flexibility index (Phi) is 3.73. The topological polar surface area (TPSA) is 80.3 Å². The van der Waals surface area contributed by atoms with E-state index in [1.54, 1.807) is 6.20 Å². The molecule has 0 saturated heterocycles. The van der Waals surface area contributed by atoms with Crippen molar-refractivity contribution in [2.24, 2.45) is 11.8 Å². The Labute approximate surface area is 118 Å². The van der Waals surface area contributed by atoms with Crippen molar-refractivity contribution in [2.75, 3.05) is 10.7 Å². The van der Waals surface area contributed by atoms with Crippen LogP contribution in [0.5, 0.6) is 0 Å². The van der Waals surface area contributed by atoms with Crippen molar-refractivity contribution < 1.29 is 0 Å². The second-order valence-corrected chi connectivity index (χ2v) is 5.55. The Balaban J connectivity index is 1.78. The first kappa shape index (κ1) is 13.2. The molecule has 0 radical (unpaired) electrons. The Morgan fingerprint density at radius 1 is 1.35 bits per heavy atom. The smallest absolute Gasteiger partial charge is 0.180 e. The second-order valence-electron chi connectivity index (χ2n) is 5.55. The second kappa shape index (κ2) is 5.66. The maximum Gasteiger partial charge on any atom is 0.180 e. The highest BCUT2D eigenvalue weighted by Gasteiger charge is 2.21. The molecule has 0 bridgehead atoms. The summed E-state index contributed by atoms with van der Waals surface area (Å²) in [5.41, 5.74) is 3.45. The third kappa shape index (κ3) is 2.56. The molecule has 0 amide bonds. The fourth-order valence-electron chi connectivity index (χ4n) is 3.01. The molecule has 1 saturated carbocycles. The Hall–Kier alpha value is -1.82. The molecule has 108 valence electrons. The summed E-state index contributed by atoms with van der Waals surface area (Å²) in [5.74, 6) is 7.82. The molecule has 2 aromatic heterocycles. The summed E-state index contributed by atoms with van der Waals surface area (Å²) in [6, 6.07) is 0.485. The number of imidazole rings is 1. The van der Waals surface area contributed by atoms with E-state index >= 15 is 0 Å². The SMILES string of the molecule is CCC1CCC(Nc2nc(NN)cn3ccnc23)CC1. The normalized spacial score (nSPS) is 22.9. The molecule has 0 spiro atoms. The number of nitrogen functional groups attached to an aromatic ring is 1. The summed E-state index contributed by atoms with van der Waals surface area (Å²) >= 11 is 0. The summed E-state index contributed by atoms with van der Waals surface area (Å²) in [7, 11) is 0. The number of nitrogens with two attached hydrogens (primary N) is 1. The van der Waals surface area contributed by atoms with Crippen LogP contribution in [0.1, 0.15) is 39.0 Å². The van der Waals surface area contributed by atoms with Crippen molar-refractivity contribution in [1.29, 1.82) is 0 Å². The lowest BCUT2D eigenvalue weighted by atomic mass is 9.84. The van der Waals surface area contributed by atoms with Gasteiger partial charge in [0, 0.05) is 18.4 Å². The van der Waals surface area contributed by atoms with Crippen LogP contribution in [0.4, 0.5) is 11.6 Å². The van der Waals surface area contributed by atoms with E-state index in [1.165, 1.54) is 32.1 Å². The van der Waals surface area contributed by atoms with Crippen LogP contribution in [-0.2, 0) is 0 Å². The van der Waals surface area contributed by atoms with Crippen LogP contribution in [0.25, 0.3) is 5.65 Å². The first-order chi connectivity index (χ1) is 9.80. The average Bonchev–Trinajstić information content (AvgIpc) is 2.96. The third-order valence-electron chi connectivity index (χ3n) is 4.29. The molecule has 4 N–H and O–H groups in total. The Bertz CT molecular complexity index is 570. The molecular formula is C14H22N6. The van der Waals surface area contributed by atoms with E-state index in [1.807, 2.05) is 16.8 Å². The molecule has 2 aromatic rings. The van der Waals surface area contributed by atoms with Gasteiger partial charge in [0.2, 0.25) is 0 Å². The van der Waals surface area contributed by atoms with E-state index in [4.69, 9.17) is 5.84 Å². The number of fused-ring (bicyclic) bond motifs is 1. The third-order valence-corrected chi connectivity index (χ3v) is 4.29. The van der Waals surface area contributed by atoms with Crippen LogP contribution in [-0.4, -0.2) is 20.4 Å². The minimum atomic E-state index is 0.485. The fraction of sp³-hybridized carbons (Fsp3) is 0.571. The molecule has 3 rings (SSSR count). The molecular weight excluding hydrogens is 252 g/mol. The van der Waals surface area contributed by atoms with Gasteiger partial charge in [-0.3, -0.25) is 0 Å². The fourth-order valence-corrected chi connectivity index (χ4v) is 3.01. The standard InChI is InChI=1S/C14H22N6/c1-2-10-3-5-11(6-4-10)17-13-14-16-7-8-20(14)9-12(18-13)19-15/h7-11,19H,2-6,15H2,1H3,(H,17,18). The van der Waals surface area contributed by atoms with Crippen molar-refractivity contribution in [1.82, 2.24) is 14.4 Å². The quantitative estimate of drug-likeness (QED) is 0.589. The van der Waals surface area contributed by atoms with Crippen LogP contribution in [0.15, 0.2) is 18.6 Å². The Morgan fingerprint density at radius 2 is 2.15 bits per heavy atom. The van der Waals surface area contributed by atoms with Gasteiger partial charge in [0.05, 0.1) is 6.20 Å². The van der Waals surface area contributed by atoms with Crippen molar-refractivity contribution in [2.45, 2.75) is 45.1 Å². The van der Waals surface area contributed by atoms with Crippen LogP contribution in [0.3, 0.4) is 0 Å². The van der Waals surface area contributed by atoms with Crippen LogP contribution in [0, 0.1) is 5.92 Å². The monoisotopic (exact) mass is 274 g/mol. The van der Waals surface area contributed by atoms with Gasteiger partial charge in [-0.15, -0.1) is 0 Å². The van der Waals surface area contributed by atoms with Gasteiger partial charge in [-0.25, -0.2) is 15.8 Å². The van der Waals surface area contributed by atoms with Gasteiger partial charge in [-0.1, -0.05) is 13.3 Å². The highest BCUT2D eigenvalue weighted by molar-refractivity contribution is 5.65. The van der Waals surface area contributed by atoms with Crippen molar-refractivity contribution >= 4 is 17.3 Å². The lowest BCUT2D eigenvalue weighted by Gasteiger charge is -2.28. The molecule has 6 heteroatoms. The van der Waals surface area contributed by atoms with E-state index in [2.05, 4.69) is 27.6 Å². The number of rotatable bonds is 4. The zero-order valence-corrected chi connectivity index (χ0v) is 11.8. The van der Waals surface area contributed by atoms with E-state index in [9.17, 15) is 0 Å². The zero-order valence-electron chi connectivity index (χ0n) is 11.8. The summed E-state index contributed by atoms with van der Waals surface area (Å²) in [4.78, 5) is 8.85. The van der Waals surface area contributed by atoms with Crippen LogP contribution < -0.4 is 16.6 Å². The van der Waals surface area contributed by atoms with Gasteiger partial charge < -0.3 is 15.1 Å². The average molecular weight is 274 g/mol. The maximum absolute atomic E-state index is 5.47.